The van der Waals surface area contributed by atoms with Crippen LogP contribution in [0.1, 0.15) is 11.4 Å². The predicted molar refractivity (Wildman–Crippen MR) is 58.3 cm³/mol. The monoisotopic (exact) mass is 218 g/mol. The van der Waals surface area contributed by atoms with Gasteiger partial charge >= 0.3 is 0 Å². The maximum absolute atomic E-state index is 12.6. The lowest BCUT2D eigenvalue weighted by Crippen LogP contribution is -2.03. The molecule has 4 nitrogen and oxygen atoms in total. The summed E-state index contributed by atoms with van der Waals surface area (Å²) in [5.74, 6) is 0.268. The first kappa shape index (κ1) is 10.5. The molecule has 0 aliphatic rings. The fourth-order valence-electron chi connectivity index (χ4n) is 1.17. The molecule has 0 atom stereocenters. The van der Waals surface area contributed by atoms with Crippen LogP contribution in [0.25, 0.3) is 0 Å². The standard InChI is InChI=1S/C11H11FN4/c1-8-4-14-10(6-13-8)7-16-11-3-2-9(12)5-15-11/h2-6H,7H2,1H3,(H,15,16). The third kappa shape index (κ3) is 2.73. The Bertz CT molecular complexity index is 407. The van der Waals surface area contributed by atoms with E-state index in [4.69, 9.17) is 0 Å². The lowest BCUT2D eigenvalue weighted by Gasteiger charge is -2.04. The molecule has 0 aliphatic heterocycles. The van der Waals surface area contributed by atoms with Crippen molar-refractivity contribution in [2.45, 2.75) is 13.5 Å². The molecule has 2 aromatic heterocycles. The van der Waals surface area contributed by atoms with Gasteiger partial charge < -0.3 is 5.32 Å². The normalized spacial score (nSPS) is 10.1. The largest absolute Gasteiger partial charge is 0.364 e. The second-order valence-corrected chi connectivity index (χ2v) is 3.36. The van der Waals surface area contributed by atoms with Gasteiger partial charge in [-0.2, -0.15) is 0 Å². The Hall–Kier alpha value is -2.04. The minimum Gasteiger partial charge on any atom is -0.364 e. The van der Waals surface area contributed by atoms with Crippen LogP contribution in [0.4, 0.5) is 10.2 Å². The highest BCUT2D eigenvalue weighted by molar-refractivity contribution is 5.33. The number of hydrogen-bond acceptors (Lipinski definition) is 4. The molecule has 0 unspecified atom stereocenters. The van der Waals surface area contributed by atoms with E-state index < -0.39 is 0 Å². The maximum atomic E-state index is 12.6. The summed E-state index contributed by atoms with van der Waals surface area (Å²) < 4.78 is 12.6. The molecule has 0 spiro atoms. The Balaban J connectivity index is 1.97. The van der Waals surface area contributed by atoms with Gasteiger partial charge in [-0.05, 0) is 19.1 Å². The van der Waals surface area contributed by atoms with E-state index in [0.29, 0.717) is 12.4 Å². The Morgan fingerprint density at radius 2 is 2.00 bits per heavy atom. The van der Waals surface area contributed by atoms with Gasteiger partial charge in [0, 0.05) is 6.20 Å². The van der Waals surface area contributed by atoms with Gasteiger partial charge in [0.1, 0.15) is 11.6 Å². The molecule has 2 heterocycles. The van der Waals surface area contributed by atoms with Gasteiger partial charge in [-0.1, -0.05) is 0 Å². The molecule has 0 saturated heterocycles. The Morgan fingerprint density at radius 3 is 2.62 bits per heavy atom. The van der Waals surface area contributed by atoms with Gasteiger partial charge in [0.25, 0.3) is 0 Å². The fraction of sp³-hybridized carbons (Fsp3) is 0.182. The van der Waals surface area contributed by atoms with Crippen molar-refractivity contribution >= 4 is 5.82 Å². The Labute approximate surface area is 92.6 Å². The molecule has 0 fully saturated rings. The highest BCUT2D eigenvalue weighted by Crippen LogP contribution is 2.05. The number of rotatable bonds is 3. The Kier molecular flexibility index (Phi) is 3.05. The summed E-state index contributed by atoms with van der Waals surface area (Å²) >= 11 is 0. The lowest BCUT2D eigenvalue weighted by atomic mass is 10.4. The highest BCUT2D eigenvalue weighted by atomic mass is 19.1. The maximum Gasteiger partial charge on any atom is 0.141 e. The van der Waals surface area contributed by atoms with Crippen LogP contribution in [0, 0.1) is 12.7 Å². The topological polar surface area (TPSA) is 50.7 Å². The molecular weight excluding hydrogens is 207 g/mol. The molecule has 2 rings (SSSR count). The van der Waals surface area contributed by atoms with Crippen LogP contribution < -0.4 is 5.32 Å². The van der Waals surface area contributed by atoms with Gasteiger partial charge in [0.2, 0.25) is 0 Å². The van der Waals surface area contributed by atoms with Crippen LogP contribution >= 0.6 is 0 Å². The number of nitrogens with zero attached hydrogens (tertiary/aromatic N) is 3. The number of aromatic nitrogens is 3. The molecule has 0 saturated carbocycles. The van der Waals surface area contributed by atoms with Gasteiger partial charge in [-0.3, -0.25) is 9.97 Å². The number of pyridine rings is 1. The number of hydrogen-bond donors (Lipinski definition) is 1. The third-order valence-electron chi connectivity index (χ3n) is 2.01. The van der Waals surface area contributed by atoms with Crippen molar-refractivity contribution in [1.82, 2.24) is 15.0 Å². The van der Waals surface area contributed by atoms with E-state index in [1.165, 1.54) is 12.3 Å². The van der Waals surface area contributed by atoms with E-state index >= 15 is 0 Å². The van der Waals surface area contributed by atoms with Crippen molar-refractivity contribution in [2.24, 2.45) is 0 Å². The third-order valence-corrected chi connectivity index (χ3v) is 2.01. The zero-order chi connectivity index (χ0) is 11.4. The SMILES string of the molecule is Cc1cnc(CNc2ccc(F)cn2)cn1. The molecule has 2 aromatic rings. The van der Waals surface area contributed by atoms with Crippen molar-refractivity contribution in [1.29, 1.82) is 0 Å². The van der Waals surface area contributed by atoms with E-state index in [1.54, 1.807) is 18.5 Å². The van der Waals surface area contributed by atoms with Crippen molar-refractivity contribution in [3.05, 3.63) is 47.9 Å². The van der Waals surface area contributed by atoms with Crippen LogP contribution in [0.5, 0.6) is 0 Å². The van der Waals surface area contributed by atoms with Crippen LogP contribution in [0.2, 0.25) is 0 Å². The van der Waals surface area contributed by atoms with Crippen molar-refractivity contribution in [3.63, 3.8) is 0 Å². The average molecular weight is 218 g/mol. The summed E-state index contributed by atoms with van der Waals surface area (Å²) in [7, 11) is 0. The van der Waals surface area contributed by atoms with Crippen LogP contribution in [0.3, 0.4) is 0 Å². The number of anilines is 1. The first-order valence-corrected chi connectivity index (χ1v) is 4.87. The average Bonchev–Trinajstić information content (AvgIpc) is 2.30. The van der Waals surface area contributed by atoms with Gasteiger partial charge in [0.15, 0.2) is 0 Å². The van der Waals surface area contributed by atoms with Gasteiger partial charge in [-0.15, -0.1) is 0 Å². The molecule has 1 N–H and O–H groups in total. The zero-order valence-corrected chi connectivity index (χ0v) is 8.81. The van der Waals surface area contributed by atoms with E-state index in [0.717, 1.165) is 11.4 Å². The molecule has 0 aromatic carbocycles. The summed E-state index contributed by atoms with van der Waals surface area (Å²) in [6.45, 7) is 2.40. The summed E-state index contributed by atoms with van der Waals surface area (Å²) in [4.78, 5) is 12.2. The highest BCUT2D eigenvalue weighted by Gasteiger charge is 1.97. The molecule has 0 bridgehead atoms. The second kappa shape index (κ2) is 4.65. The number of halogens is 1. The smallest absolute Gasteiger partial charge is 0.141 e. The lowest BCUT2D eigenvalue weighted by molar-refractivity contribution is 0.621. The van der Waals surface area contributed by atoms with Gasteiger partial charge in [-0.25, -0.2) is 9.37 Å². The first-order valence-electron chi connectivity index (χ1n) is 4.87. The van der Waals surface area contributed by atoms with Gasteiger partial charge in [0.05, 0.1) is 30.3 Å². The van der Waals surface area contributed by atoms with Crippen molar-refractivity contribution < 1.29 is 4.39 Å². The zero-order valence-electron chi connectivity index (χ0n) is 8.81. The van der Waals surface area contributed by atoms with E-state index in [1.807, 2.05) is 6.92 Å². The minimum absolute atomic E-state index is 0.347. The van der Waals surface area contributed by atoms with Crippen LogP contribution in [-0.4, -0.2) is 15.0 Å². The molecule has 5 heteroatoms. The molecule has 16 heavy (non-hydrogen) atoms. The van der Waals surface area contributed by atoms with Crippen LogP contribution in [0.15, 0.2) is 30.7 Å². The van der Waals surface area contributed by atoms with E-state index in [-0.39, 0.29) is 5.82 Å². The molecule has 0 aliphatic carbocycles. The number of nitrogens with one attached hydrogen (secondary N) is 1. The summed E-state index contributed by atoms with van der Waals surface area (Å²) in [5, 5.41) is 3.03. The molecule has 0 radical (unpaired) electrons. The number of aryl methyl sites for hydroxylation is 1. The Morgan fingerprint density at radius 1 is 1.12 bits per heavy atom. The first-order chi connectivity index (χ1) is 7.74. The van der Waals surface area contributed by atoms with E-state index in [2.05, 4.69) is 20.3 Å². The quantitative estimate of drug-likeness (QED) is 0.855. The second-order valence-electron chi connectivity index (χ2n) is 3.36. The molecule has 0 amide bonds. The van der Waals surface area contributed by atoms with Crippen molar-refractivity contribution in [2.75, 3.05) is 5.32 Å². The summed E-state index contributed by atoms with van der Waals surface area (Å²) in [6, 6.07) is 2.94. The minimum atomic E-state index is -0.347. The van der Waals surface area contributed by atoms with Crippen LogP contribution in [-0.2, 0) is 6.54 Å². The molecule has 82 valence electrons. The molecular formula is C11H11FN4. The van der Waals surface area contributed by atoms with Crippen molar-refractivity contribution in [3.8, 4) is 0 Å². The predicted octanol–water partition coefficient (Wildman–Crippen LogP) is 1.93. The fourth-order valence-corrected chi connectivity index (χ4v) is 1.17. The summed E-state index contributed by atoms with van der Waals surface area (Å²) in [6.07, 6.45) is 4.57. The van der Waals surface area contributed by atoms with E-state index in [9.17, 15) is 4.39 Å². The summed E-state index contributed by atoms with van der Waals surface area (Å²) in [5.41, 5.74) is 1.69.